The number of rotatable bonds is 5. The largest absolute Gasteiger partial charge is 0.462 e. The summed E-state index contributed by atoms with van der Waals surface area (Å²) in [7, 11) is -0.649. The van der Waals surface area contributed by atoms with Gasteiger partial charge in [-0.1, -0.05) is 20.8 Å². The molecular formula is C16H33NO3Si. The quantitative estimate of drug-likeness (QED) is 0.625. The predicted molar refractivity (Wildman–Crippen MR) is 89.2 cm³/mol. The van der Waals surface area contributed by atoms with E-state index in [-0.39, 0.29) is 34.7 Å². The van der Waals surface area contributed by atoms with E-state index in [1.54, 1.807) is 0 Å². The summed E-state index contributed by atoms with van der Waals surface area (Å²) in [5.74, 6) is 0.0381. The molecule has 0 spiro atoms. The van der Waals surface area contributed by atoms with E-state index in [9.17, 15) is 4.79 Å². The van der Waals surface area contributed by atoms with Crippen LogP contribution in [0.3, 0.4) is 0 Å². The van der Waals surface area contributed by atoms with Gasteiger partial charge in [-0.2, -0.15) is 0 Å². The molecule has 1 aliphatic heterocycles. The van der Waals surface area contributed by atoms with Gasteiger partial charge in [0.2, 0.25) is 0 Å². The molecular weight excluding hydrogens is 282 g/mol. The van der Waals surface area contributed by atoms with E-state index in [2.05, 4.69) is 39.9 Å². The van der Waals surface area contributed by atoms with Crippen LogP contribution in [-0.4, -0.2) is 40.0 Å². The molecule has 0 saturated carbocycles. The normalized spacial score (nSPS) is 24.8. The molecule has 1 aliphatic rings. The molecule has 0 amide bonds. The van der Waals surface area contributed by atoms with E-state index in [4.69, 9.17) is 9.16 Å². The fourth-order valence-corrected chi connectivity index (χ4v) is 3.72. The third kappa shape index (κ3) is 6.08. The van der Waals surface area contributed by atoms with Crippen molar-refractivity contribution in [3.63, 3.8) is 0 Å². The van der Waals surface area contributed by atoms with Gasteiger partial charge in [0.1, 0.15) is 6.04 Å². The second-order valence-corrected chi connectivity index (χ2v) is 10.8. The van der Waals surface area contributed by atoms with Crippen molar-refractivity contribution in [2.24, 2.45) is 5.92 Å². The summed E-state index contributed by atoms with van der Waals surface area (Å²) in [6.07, 6.45) is 2.02. The number of hydrogen-bond acceptors (Lipinski definition) is 4. The highest BCUT2D eigenvalue weighted by atomic mass is 28.2. The number of esters is 1. The van der Waals surface area contributed by atoms with E-state index in [0.29, 0.717) is 0 Å². The number of carbonyl (C=O) groups is 1. The van der Waals surface area contributed by atoms with E-state index in [0.717, 1.165) is 19.4 Å². The maximum atomic E-state index is 12.3. The van der Waals surface area contributed by atoms with E-state index >= 15 is 0 Å². The molecule has 0 radical (unpaired) electrons. The molecule has 1 fully saturated rings. The number of carbonyl (C=O) groups excluding carboxylic acids is 1. The molecule has 1 rings (SSSR count). The minimum Gasteiger partial charge on any atom is -0.462 e. The summed E-state index contributed by atoms with van der Waals surface area (Å²) in [4.78, 5) is 12.3. The van der Waals surface area contributed by atoms with Crippen molar-refractivity contribution in [1.29, 1.82) is 0 Å². The summed E-state index contributed by atoms with van der Waals surface area (Å²) >= 11 is 0. The zero-order valence-corrected chi connectivity index (χ0v) is 16.2. The summed E-state index contributed by atoms with van der Waals surface area (Å²) in [5.41, 5.74) is -0.284. The van der Waals surface area contributed by atoms with Crippen LogP contribution in [0.1, 0.15) is 61.3 Å². The topological polar surface area (TPSA) is 47.6 Å². The molecule has 1 saturated heterocycles. The first-order valence-corrected chi connectivity index (χ1v) is 9.39. The van der Waals surface area contributed by atoms with Crippen molar-refractivity contribution < 1.29 is 14.0 Å². The average molecular weight is 316 g/mol. The van der Waals surface area contributed by atoms with Gasteiger partial charge in [0.15, 0.2) is 9.76 Å². The Bertz CT molecular complexity index is 350. The van der Waals surface area contributed by atoms with Crippen molar-refractivity contribution in [1.82, 2.24) is 5.32 Å². The first-order chi connectivity index (χ1) is 9.53. The third-order valence-corrected chi connectivity index (χ3v) is 5.59. The number of ether oxygens (including phenoxy) is 1. The van der Waals surface area contributed by atoms with Crippen molar-refractivity contribution in [3.8, 4) is 0 Å². The summed E-state index contributed by atoms with van der Waals surface area (Å²) in [6.45, 7) is 15.6. The Labute approximate surface area is 132 Å². The zero-order chi connectivity index (χ0) is 16.3. The van der Waals surface area contributed by atoms with Crippen molar-refractivity contribution in [3.05, 3.63) is 0 Å². The number of nitrogens with one attached hydrogen (secondary N) is 1. The van der Waals surface area contributed by atoms with Crippen LogP contribution < -0.4 is 5.32 Å². The molecule has 1 N–H and O–H groups in total. The van der Waals surface area contributed by atoms with E-state index < -0.39 is 9.76 Å². The van der Waals surface area contributed by atoms with Crippen LogP contribution in [0.5, 0.6) is 0 Å². The molecule has 0 aromatic rings. The van der Waals surface area contributed by atoms with Crippen molar-refractivity contribution >= 4 is 15.7 Å². The number of hydrogen-bond donors (Lipinski definition) is 1. The van der Waals surface area contributed by atoms with Crippen molar-refractivity contribution in [2.45, 2.75) is 84.1 Å². The molecule has 0 aliphatic carbocycles. The lowest BCUT2D eigenvalue weighted by Gasteiger charge is -2.43. The lowest BCUT2D eigenvalue weighted by molar-refractivity contribution is -0.155. The van der Waals surface area contributed by atoms with Gasteiger partial charge >= 0.3 is 5.97 Å². The smallest absolute Gasteiger partial charge is 0.323 e. The maximum Gasteiger partial charge on any atom is 0.323 e. The molecule has 0 unspecified atom stereocenters. The first kappa shape index (κ1) is 18.7. The number of piperidine rings is 1. The minimum absolute atomic E-state index is 0.0742. The second-order valence-electron chi connectivity index (χ2n) is 8.12. The van der Waals surface area contributed by atoms with Gasteiger partial charge in [-0.25, -0.2) is 0 Å². The van der Waals surface area contributed by atoms with Gasteiger partial charge in [0.25, 0.3) is 0 Å². The second kappa shape index (κ2) is 7.25. The summed E-state index contributed by atoms with van der Waals surface area (Å²) in [5, 5.41) is 3.60. The molecule has 5 heteroatoms. The van der Waals surface area contributed by atoms with Gasteiger partial charge in [-0.3, -0.25) is 4.79 Å². The summed E-state index contributed by atoms with van der Waals surface area (Å²) < 4.78 is 11.7. The van der Waals surface area contributed by atoms with Crippen LogP contribution in [0.4, 0.5) is 0 Å². The molecule has 4 nitrogen and oxygen atoms in total. The van der Waals surface area contributed by atoms with Crippen LogP contribution in [0.25, 0.3) is 0 Å². The van der Waals surface area contributed by atoms with Gasteiger partial charge in [-0.15, -0.1) is 0 Å². The Morgan fingerprint density at radius 3 is 2.38 bits per heavy atom. The van der Waals surface area contributed by atoms with Crippen LogP contribution in [0.2, 0.25) is 5.04 Å². The minimum atomic E-state index is -0.649. The Morgan fingerprint density at radius 1 is 1.24 bits per heavy atom. The predicted octanol–water partition coefficient (Wildman–Crippen LogP) is 2.40. The highest BCUT2D eigenvalue weighted by molar-refractivity contribution is 6.31. The van der Waals surface area contributed by atoms with Gasteiger partial charge < -0.3 is 14.5 Å². The Hall–Kier alpha value is -0.393. The highest BCUT2D eigenvalue weighted by Gasteiger charge is 2.42. The van der Waals surface area contributed by atoms with Crippen LogP contribution in [0.15, 0.2) is 0 Å². The van der Waals surface area contributed by atoms with Crippen LogP contribution >= 0.6 is 0 Å². The lowest BCUT2D eigenvalue weighted by Crippen LogP contribution is -2.56. The molecule has 0 bridgehead atoms. The molecule has 0 aromatic carbocycles. The third-order valence-electron chi connectivity index (χ3n) is 3.83. The monoisotopic (exact) mass is 315 g/mol. The standard InChI is InChI=1S/C16H33NO3Si/c1-11(2)19-14(18)13-12(9-8-10-17-13)16(6,7)20-21-15(3,4)5/h11-13,17H,8-10,21H2,1-7H3/t12-,13+/m0/s1. The summed E-state index contributed by atoms with van der Waals surface area (Å²) in [6, 6.07) is -0.245. The average Bonchev–Trinajstić information content (AvgIpc) is 2.35. The van der Waals surface area contributed by atoms with Gasteiger partial charge in [-0.05, 0) is 52.1 Å². The van der Waals surface area contributed by atoms with Crippen molar-refractivity contribution in [2.75, 3.05) is 6.54 Å². The molecule has 1 heterocycles. The first-order valence-electron chi connectivity index (χ1n) is 8.11. The van der Waals surface area contributed by atoms with Gasteiger partial charge in [0.05, 0.1) is 11.7 Å². The van der Waals surface area contributed by atoms with E-state index in [1.807, 2.05) is 13.8 Å². The fraction of sp³-hybridized carbons (Fsp3) is 0.938. The Kier molecular flexibility index (Phi) is 6.44. The SMILES string of the molecule is CC(C)OC(=O)[C@@H]1NCCC[C@@H]1C(C)(C)O[SiH2]C(C)(C)C. The van der Waals surface area contributed by atoms with E-state index in [1.165, 1.54) is 0 Å². The molecule has 124 valence electrons. The zero-order valence-electron chi connectivity index (χ0n) is 14.8. The van der Waals surface area contributed by atoms with Gasteiger partial charge in [0, 0.05) is 5.92 Å². The van der Waals surface area contributed by atoms with Crippen LogP contribution in [-0.2, 0) is 14.0 Å². The van der Waals surface area contributed by atoms with Crippen LogP contribution in [0, 0.1) is 5.92 Å². The Morgan fingerprint density at radius 2 is 1.86 bits per heavy atom. The molecule has 0 aromatic heterocycles. The molecule has 21 heavy (non-hydrogen) atoms. The Balaban J connectivity index is 2.77. The fourth-order valence-electron chi connectivity index (χ4n) is 2.70. The maximum absolute atomic E-state index is 12.3. The lowest BCUT2D eigenvalue weighted by atomic mass is 9.79. The highest BCUT2D eigenvalue weighted by Crippen LogP contribution is 2.34. The molecule has 2 atom stereocenters.